The Kier molecular flexibility index (Phi) is 5.29. The molecule has 1 spiro atoms. The molecule has 4 rings (SSSR count). The summed E-state index contributed by atoms with van der Waals surface area (Å²) in [6.45, 7) is 3.12. The van der Waals surface area contributed by atoms with Crippen molar-refractivity contribution in [3.05, 3.63) is 58.7 Å². The van der Waals surface area contributed by atoms with Crippen LogP contribution in [0.5, 0.6) is 0 Å². The maximum atomic E-state index is 12.7. The van der Waals surface area contributed by atoms with Crippen LogP contribution in [0.15, 0.2) is 42.6 Å². The SMILES string of the molecule is O=C(c1ccc(NCc2ccccc2Cl)nc1)N1CCC2(CC1)OCCO2. The highest BCUT2D eigenvalue weighted by Gasteiger charge is 2.40. The van der Waals surface area contributed by atoms with E-state index < -0.39 is 5.79 Å². The number of hydrogen-bond acceptors (Lipinski definition) is 5. The number of carbonyl (C=O) groups is 1. The molecule has 0 saturated carbocycles. The predicted molar refractivity (Wildman–Crippen MR) is 103 cm³/mol. The zero-order valence-electron chi connectivity index (χ0n) is 15.0. The van der Waals surface area contributed by atoms with Gasteiger partial charge in [-0.1, -0.05) is 29.8 Å². The van der Waals surface area contributed by atoms with Crippen LogP contribution in [0.3, 0.4) is 0 Å². The Balaban J connectivity index is 1.33. The van der Waals surface area contributed by atoms with E-state index in [-0.39, 0.29) is 5.91 Å². The first-order valence-electron chi connectivity index (χ1n) is 9.16. The van der Waals surface area contributed by atoms with Crippen molar-refractivity contribution >= 4 is 23.3 Å². The first-order chi connectivity index (χ1) is 13.2. The molecule has 1 aromatic carbocycles. The van der Waals surface area contributed by atoms with Gasteiger partial charge in [0.25, 0.3) is 5.91 Å². The summed E-state index contributed by atoms with van der Waals surface area (Å²) in [5.74, 6) is 0.228. The lowest BCUT2D eigenvalue weighted by atomic mass is 10.0. The van der Waals surface area contributed by atoms with Crippen LogP contribution in [0, 0.1) is 0 Å². The molecular formula is C20H22ClN3O3. The van der Waals surface area contributed by atoms with Gasteiger partial charge in [-0.2, -0.15) is 0 Å². The Labute approximate surface area is 163 Å². The second kappa shape index (κ2) is 7.84. The van der Waals surface area contributed by atoms with E-state index in [2.05, 4.69) is 10.3 Å². The number of carbonyl (C=O) groups excluding carboxylic acids is 1. The molecule has 1 amide bonds. The molecule has 0 atom stereocenters. The molecule has 0 aliphatic carbocycles. The summed E-state index contributed by atoms with van der Waals surface area (Å²) in [5, 5.41) is 3.94. The number of nitrogens with zero attached hydrogens (tertiary/aromatic N) is 2. The maximum Gasteiger partial charge on any atom is 0.255 e. The monoisotopic (exact) mass is 387 g/mol. The summed E-state index contributed by atoms with van der Waals surface area (Å²) in [4.78, 5) is 18.9. The molecule has 0 bridgehead atoms. The molecule has 2 aliphatic heterocycles. The van der Waals surface area contributed by atoms with Crippen molar-refractivity contribution in [3.63, 3.8) is 0 Å². The highest BCUT2D eigenvalue weighted by Crippen LogP contribution is 2.31. The first kappa shape index (κ1) is 18.2. The van der Waals surface area contributed by atoms with E-state index >= 15 is 0 Å². The number of likely N-dealkylation sites (tertiary alicyclic amines) is 1. The largest absolute Gasteiger partial charge is 0.366 e. The first-order valence-corrected chi connectivity index (χ1v) is 9.54. The van der Waals surface area contributed by atoms with Crippen LogP contribution in [-0.4, -0.2) is 47.9 Å². The summed E-state index contributed by atoms with van der Waals surface area (Å²) >= 11 is 6.16. The standard InChI is InChI=1S/C20H22ClN3O3/c21-17-4-2-1-3-15(17)13-22-18-6-5-16(14-23-18)19(25)24-9-7-20(8-10-24)26-11-12-27-20/h1-6,14H,7-13H2,(H,22,23). The zero-order chi connectivity index (χ0) is 18.7. The van der Waals surface area contributed by atoms with Crippen LogP contribution in [-0.2, 0) is 16.0 Å². The summed E-state index contributed by atoms with van der Waals surface area (Å²) in [6, 6.07) is 11.3. The van der Waals surface area contributed by atoms with Crippen molar-refractivity contribution in [2.45, 2.75) is 25.2 Å². The van der Waals surface area contributed by atoms with E-state index in [1.165, 1.54) is 0 Å². The fourth-order valence-electron chi connectivity index (χ4n) is 3.47. The lowest BCUT2D eigenvalue weighted by molar-refractivity contribution is -0.181. The Morgan fingerprint density at radius 3 is 2.56 bits per heavy atom. The number of anilines is 1. The van der Waals surface area contributed by atoms with Crippen LogP contribution in [0.2, 0.25) is 5.02 Å². The normalized spacial score (nSPS) is 18.6. The number of nitrogens with one attached hydrogen (secondary N) is 1. The number of halogens is 1. The molecule has 2 aliphatic rings. The molecule has 2 saturated heterocycles. The lowest BCUT2D eigenvalue weighted by Crippen LogP contribution is -2.47. The Hall–Kier alpha value is -2.15. The predicted octanol–water partition coefficient (Wildman–Crippen LogP) is 3.33. The number of benzene rings is 1. The third kappa shape index (κ3) is 4.08. The zero-order valence-corrected chi connectivity index (χ0v) is 15.7. The van der Waals surface area contributed by atoms with Crippen LogP contribution < -0.4 is 5.32 Å². The molecule has 0 unspecified atom stereocenters. The molecule has 142 valence electrons. The number of piperidine rings is 1. The van der Waals surface area contributed by atoms with Gasteiger partial charge in [-0.05, 0) is 23.8 Å². The minimum atomic E-state index is -0.471. The Bertz CT molecular complexity index is 796. The summed E-state index contributed by atoms with van der Waals surface area (Å²) in [5.41, 5.74) is 1.59. The molecule has 2 fully saturated rings. The van der Waals surface area contributed by atoms with Crippen molar-refractivity contribution in [3.8, 4) is 0 Å². The molecule has 0 radical (unpaired) electrons. The van der Waals surface area contributed by atoms with E-state index in [4.69, 9.17) is 21.1 Å². The van der Waals surface area contributed by atoms with Gasteiger partial charge < -0.3 is 19.7 Å². The molecule has 7 heteroatoms. The Morgan fingerprint density at radius 1 is 1.15 bits per heavy atom. The van der Waals surface area contributed by atoms with E-state index in [1.807, 2.05) is 35.2 Å². The van der Waals surface area contributed by atoms with Gasteiger partial charge in [0.1, 0.15) is 5.82 Å². The van der Waals surface area contributed by atoms with E-state index in [1.54, 1.807) is 12.3 Å². The smallest absolute Gasteiger partial charge is 0.255 e. The van der Waals surface area contributed by atoms with Crippen LogP contribution in [0.4, 0.5) is 5.82 Å². The number of aromatic nitrogens is 1. The van der Waals surface area contributed by atoms with Gasteiger partial charge in [-0.15, -0.1) is 0 Å². The quantitative estimate of drug-likeness (QED) is 0.871. The number of hydrogen-bond donors (Lipinski definition) is 1. The molecule has 1 aromatic heterocycles. The summed E-state index contributed by atoms with van der Waals surface area (Å²) in [7, 11) is 0. The molecular weight excluding hydrogens is 366 g/mol. The second-order valence-corrected chi connectivity index (χ2v) is 7.18. The fraction of sp³-hybridized carbons (Fsp3) is 0.400. The second-order valence-electron chi connectivity index (χ2n) is 6.78. The number of pyridine rings is 1. The van der Waals surface area contributed by atoms with Gasteiger partial charge in [0.2, 0.25) is 0 Å². The van der Waals surface area contributed by atoms with Crippen molar-refractivity contribution < 1.29 is 14.3 Å². The van der Waals surface area contributed by atoms with Gasteiger partial charge in [0, 0.05) is 43.7 Å². The van der Waals surface area contributed by atoms with Crippen molar-refractivity contribution in [1.82, 2.24) is 9.88 Å². The minimum Gasteiger partial charge on any atom is -0.366 e. The summed E-state index contributed by atoms with van der Waals surface area (Å²) in [6.07, 6.45) is 3.04. The number of rotatable bonds is 4. The van der Waals surface area contributed by atoms with Gasteiger partial charge >= 0.3 is 0 Å². The van der Waals surface area contributed by atoms with Crippen molar-refractivity contribution in [1.29, 1.82) is 0 Å². The molecule has 1 N–H and O–H groups in total. The average Bonchev–Trinajstić information content (AvgIpc) is 3.16. The van der Waals surface area contributed by atoms with E-state index in [0.717, 1.165) is 10.6 Å². The van der Waals surface area contributed by atoms with Crippen LogP contribution in [0.25, 0.3) is 0 Å². The lowest BCUT2D eigenvalue weighted by Gasteiger charge is -2.37. The third-order valence-corrected chi connectivity index (χ3v) is 5.42. The van der Waals surface area contributed by atoms with Gasteiger partial charge in [0.15, 0.2) is 5.79 Å². The number of ether oxygens (including phenoxy) is 2. The highest BCUT2D eigenvalue weighted by molar-refractivity contribution is 6.31. The van der Waals surface area contributed by atoms with Gasteiger partial charge in [-0.25, -0.2) is 4.98 Å². The van der Waals surface area contributed by atoms with E-state index in [9.17, 15) is 4.79 Å². The topological polar surface area (TPSA) is 63.7 Å². The maximum absolute atomic E-state index is 12.7. The molecule has 2 aromatic rings. The number of amides is 1. The minimum absolute atomic E-state index is 0.00648. The highest BCUT2D eigenvalue weighted by atomic mass is 35.5. The average molecular weight is 388 g/mol. The van der Waals surface area contributed by atoms with E-state index in [0.29, 0.717) is 57.1 Å². The third-order valence-electron chi connectivity index (χ3n) is 5.05. The van der Waals surface area contributed by atoms with Gasteiger partial charge in [0.05, 0.1) is 18.8 Å². The van der Waals surface area contributed by atoms with Crippen LogP contribution >= 0.6 is 11.6 Å². The molecule has 3 heterocycles. The van der Waals surface area contributed by atoms with Crippen LogP contribution in [0.1, 0.15) is 28.8 Å². The van der Waals surface area contributed by atoms with Crippen molar-refractivity contribution in [2.75, 3.05) is 31.6 Å². The van der Waals surface area contributed by atoms with Crippen molar-refractivity contribution in [2.24, 2.45) is 0 Å². The molecule has 6 nitrogen and oxygen atoms in total. The Morgan fingerprint density at radius 2 is 1.89 bits per heavy atom. The fourth-order valence-corrected chi connectivity index (χ4v) is 3.67. The van der Waals surface area contributed by atoms with Gasteiger partial charge in [-0.3, -0.25) is 4.79 Å². The summed E-state index contributed by atoms with van der Waals surface area (Å²) < 4.78 is 11.4. The molecule has 27 heavy (non-hydrogen) atoms.